The van der Waals surface area contributed by atoms with Crippen LogP contribution in [-0.4, -0.2) is 0 Å². The number of benzene rings is 2. The van der Waals surface area contributed by atoms with E-state index in [2.05, 4.69) is 21.4 Å². The molecule has 1 atom stereocenters. The first-order valence-electron chi connectivity index (χ1n) is 5.86. The molecule has 0 fully saturated rings. The van der Waals surface area contributed by atoms with Crippen LogP contribution >= 0.6 is 27.5 Å². The lowest BCUT2D eigenvalue weighted by Crippen LogP contribution is -2.29. The summed E-state index contributed by atoms with van der Waals surface area (Å²) in [6, 6.07) is 8.60. The maximum absolute atomic E-state index is 13.2. The Bertz CT molecular complexity index is 622. The third kappa shape index (κ3) is 3.55. The maximum atomic E-state index is 13.2. The molecule has 2 aromatic rings. The van der Waals surface area contributed by atoms with E-state index < -0.39 is 0 Å². The van der Waals surface area contributed by atoms with Crippen molar-refractivity contribution in [3.63, 3.8) is 0 Å². The summed E-state index contributed by atoms with van der Waals surface area (Å²) in [5.74, 6) is 4.81. The van der Waals surface area contributed by atoms with E-state index in [1.54, 1.807) is 18.2 Å². The number of rotatable bonds is 4. The van der Waals surface area contributed by atoms with E-state index in [1.807, 2.05) is 0 Å². The highest BCUT2D eigenvalue weighted by atomic mass is 79.9. The standard InChI is InChI=1S/C14H12BrClF2N2/c15-11-5-9(2-4-13(11)18)14(20-19)6-8-1-3-10(17)7-12(8)16/h1-5,7,14,20H,6,19H2. The van der Waals surface area contributed by atoms with Gasteiger partial charge in [0, 0.05) is 5.02 Å². The second kappa shape index (κ2) is 6.63. The topological polar surface area (TPSA) is 38.0 Å². The second-order valence-corrected chi connectivity index (χ2v) is 5.59. The average molecular weight is 362 g/mol. The van der Waals surface area contributed by atoms with Gasteiger partial charge in [-0.25, -0.2) is 8.78 Å². The van der Waals surface area contributed by atoms with Crippen LogP contribution in [0.5, 0.6) is 0 Å². The van der Waals surface area contributed by atoms with E-state index >= 15 is 0 Å². The van der Waals surface area contributed by atoms with Crippen LogP contribution in [0.3, 0.4) is 0 Å². The van der Waals surface area contributed by atoms with Gasteiger partial charge in [-0.3, -0.25) is 11.3 Å². The van der Waals surface area contributed by atoms with Crippen molar-refractivity contribution in [1.29, 1.82) is 0 Å². The lowest BCUT2D eigenvalue weighted by Gasteiger charge is -2.17. The summed E-state index contributed by atoms with van der Waals surface area (Å²) in [6.07, 6.45) is 0.466. The highest BCUT2D eigenvalue weighted by molar-refractivity contribution is 9.10. The molecule has 0 aromatic heterocycles. The molecule has 2 aromatic carbocycles. The highest BCUT2D eigenvalue weighted by Gasteiger charge is 2.14. The molecule has 106 valence electrons. The molecule has 0 heterocycles. The quantitative estimate of drug-likeness (QED) is 0.635. The molecule has 0 saturated carbocycles. The molecule has 0 aliphatic rings. The summed E-state index contributed by atoms with van der Waals surface area (Å²) < 4.78 is 26.6. The first kappa shape index (κ1) is 15.4. The zero-order chi connectivity index (χ0) is 14.7. The molecule has 0 spiro atoms. The van der Waals surface area contributed by atoms with Crippen LogP contribution in [0, 0.1) is 11.6 Å². The van der Waals surface area contributed by atoms with Crippen molar-refractivity contribution in [2.45, 2.75) is 12.5 Å². The highest BCUT2D eigenvalue weighted by Crippen LogP contribution is 2.26. The van der Waals surface area contributed by atoms with Gasteiger partial charge in [0.05, 0.1) is 10.5 Å². The minimum atomic E-state index is -0.388. The molecular formula is C14H12BrClF2N2. The molecule has 3 N–H and O–H groups in total. The van der Waals surface area contributed by atoms with Crippen LogP contribution in [-0.2, 0) is 6.42 Å². The Balaban J connectivity index is 2.26. The van der Waals surface area contributed by atoms with E-state index in [0.29, 0.717) is 15.9 Å². The fraction of sp³-hybridized carbons (Fsp3) is 0.143. The van der Waals surface area contributed by atoms with Gasteiger partial charge in [-0.2, -0.15) is 0 Å². The van der Waals surface area contributed by atoms with Gasteiger partial charge in [0.25, 0.3) is 0 Å². The summed E-state index contributed by atoms with van der Waals surface area (Å²) in [5, 5.41) is 0.339. The fourth-order valence-electron chi connectivity index (χ4n) is 1.91. The number of nitrogens with two attached hydrogens (primary N) is 1. The summed E-state index contributed by atoms with van der Waals surface area (Å²) >= 11 is 9.13. The predicted octanol–water partition coefficient (Wildman–Crippen LogP) is 4.13. The van der Waals surface area contributed by atoms with Crippen LogP contribution in [0.15, 0.2) is 40.9 Å². The van der Waals surface area contributed by atoms with Crippen LogP contribution in [0.4, 0.5) is 8.78 Å². The summed E-state index contributed by atoms with van der Waals surface area (Å²) in [7, 11) is 0. The minimum absolute atomic E-state index is 0.255. The van der Waals surface area contributed by atoms with Gasteiger partial charge in [-0.05, 0) is 57.7 Å². The van der Waals surface area contributed by atoms with E-state index in [1.165, 1.54) is 18.2 Å². The molecule has 1 unspecified atom stereocenters. The number of hydrogen-bond donors (Lipinski definition) is 2. The number of halogens is 4. The van der Waals surface area contributed by atoms with Crippen molar-refractivity contribution < 1.29 is 8.78 Å². The SMILES string of the molecule is NNC(Cc1ccc(F)cc1Cl)c1ccc(F)c(Br)c1. The Morgan fingerprint density at radius 1 is 1.20 bits per heavy atom. The molecule has 2 nitrogen and oxygen atoms in total. The van der Waals surface area contributed by atoms with E-state index in [0.717, 1.165) is 11.1 Å². The van der Waals surface area contributed by atoms with Gasteiger partial charge in [0.15, 0.2) is 0 Å². The van der Waals surface area contributed by atoms with Crippen molar-refractivity contribution in [1.82, 2.24) is 5.43 Å². The van der Waals surface area contributed by atoms with Crippen LogP contribution in [0.2, 0.25) is 5.02 Å². The smallest absolute Gasteiger partial charge is 0.137 e. The fourth-order valence-corrected chi connectivity index (χ4v) is 2.55. The molecule has 0 bridgehead atoms. The van der Waals surface area contributed by atoms with Gasteiger partial charge in [-0.1, -0.05) is 23.7 Å². The van der Waals surface area contributed by atoms with Crippen molar-refractivity contribution in [2.24, 2.45) is 5.84 Å². The molecule has 0 saturated heterocycles. The number of hydrogen-bond acceptors (Lipinski definition) is 2. The largest absolute Gasteiger partial charge is 0.271 e. The van der Waals surface area contributed by atoms with Gasteiger partial charge in [0.1, 0.15) is 11.6 Å². The normalized spacial score (nSPS) is 12.4. The van der Waals surface area contributed by atoms with Crippen LogP contribution < -0.4 is 11.3 Å². The summed E-state index contributed by atoms with van der Waals surface area (Å²) in [4.78, 5) is 0. The van der Waals surface area contributed by atoms with Gasteiger partial charge >= 0.3 is 0 Å². The predicted molar refractivity (Wildman–Crippen MR) is 79.3 cm³/mol. The Hall–Kier alpha value is -1.01. The Labute approximate surface area is 129 Å². The van der Waals surface area contributed by atoms with E-state index in [-0.39, 0.29) is 17.7 Å². The van der Waals surface area contributed by atoms with Crippen molar-refractivity contribution >= 4 is 27.5 Å². The Morgan fingerprint density at radius 2 is 1.95 bits per heavy atom. The molecule has 6 heteroatoms. The Morgan fingerprint density at radius 3 is 2.55 bits per heavy atom. The first-order valence-corrected chi connectivity index (χ1v) is 7.03. The lowest BCUT2D eigenvalue weighted by atomic mass is 9.99. The van der Waals surface area contributed by atoms with Gasteiger partial charge in [-0.15, -0.1) is 0 Å². The van der Waals surface area contributed by atoms with Crippen molar-refractivity contribution in [3.05, 3.63) is 68.7 Å². The van der Waals surface area contributed by atoms with E-state index in [9.17, 15) is 8.78 Å². The molecule has 20 heavy (non-hydrogen) atoms. The number of nitrogens with one attached hydrogen (secondary N) is 1. The van der Waals surface area contributed by atoms with E-state index in [4.69, 9.17) is 17.4 Å². The Kier molecular flexibility index (Phi) is 5.10. The molecular weight excluding hydrogens is 350 g/mol. The van der Waals surface area contributed by atoms with Crippen LogP contribution in [0.25, 0.3) is 0 Å². The molecule has 0 aliphatic heterocycles. The second-order valence-electron chi connectivity index (χ2n) is 4.33. The third-order valence-corrected chi connectivity index (χ3v) is 3.95. The monoisotopic (exact) mass is 360 g/mol. The first-order chi connectivity index (χ1) is 9.51. The molecule has 0 aliphatic carbocycles. The summed E-state index contributed by atoms with van der Waals surface area (Å²) in [5.41, 5.74) is 4.23. The third-order valence-electron chi connectivity index (χ3n) is 2.99. The van der Waals surface area contributed by atoms with Gasteiger partial charge < -0.3 is 0 Å². The maximum Gasteiger partial charge on any atom is 0.137 e. The lowest BCUT2D eigenvalue weighted by molar-refractivity contribution is 0.547. The van der Waals surface area contributed by atoms with Crippen molar-refractivity contribution in [3.8, 4) is 0 Å². The minimum Gasteiger partial charge on any atom is -0.271 e. The average Bonchev–Trinajstić information content (AvgIpc) is 2.41. The number of hydrazine groups is 1. The zero-order valence-corrected chi connectivity index (χ0v) is 12.7. The molecule has 0 radical (unpaired) electrons. The molecule has 0 amide bonds. The zero-order valence-electron chi connectivity index (χ0n) is 10.3. The van der Waals surface area contributed by atoms with Gasteiger partial charge in [0.2, 0.25) is 0 Å². The molecule has 2 rings (SSSR count). The summed E-state index contributed by atoms with van der Waals surface area (Å²) in [6.45, 7) is 0. The van der Waals surface area contributed by atoms with Crippen molar-refractivity contribution in [2.75, 3.05) is 0 Å². The van der Waals surface area contributed by atoms with Crippen LogP contribution in [0.1, 0.15) is 17.2 Å².